The predicted molar refractivity (Wildman–Crippen MR) is 67.6 cm³/mol. The number of carbonyl (C=O) groups is 1. The Morgan fingerprint density at radius 1 is 1.71 bits per heavy atom. The predicted octanol–water partition coefficient (Wildman–Crippen LogP) is 2.29. The van der Waals surface area contributed by atoms with Crippen LogP contribution in [0.25, 0.3) is 10.4 Å². The summed E-state index contributed by atoms with van der Waals surface area (Å²) in [4.78, 5) is 16.7. The fourth-order valence-electron chi connectivity index (χ4n) is 2.27. The first-order chi connectivity index (χ1) is 7.93. The fraction of sp³-hybridized carbons (Fsp3) is 0.900. The number of hydrogen-bond acceptors (Lipinski definition) is 3. The number of azide groups is 1. The quantitative estimate of drug-likeness (QED) is 0.346. The van der Waals surface area contributed by atoms with Crippen LogP contribution < -0.4 is 0 Å². The van der Waals surface area contributed by atoms with Gasteiger partial charge in [0.05, 0.1) is 0 Å². The number of rotatable bonds is 4. The molecule has 1 heterocycles. The number of halogens is 1. The molecule has 0 aromatic heterocycles. The van der Waals surface area contributed by atoms with E-state index >= 15 is 0 Å². The van der Waals surface area contributed by atoms with Gasteiger partial charge in [-0.05, 0) is 19.4 Å². The summed E-state index contributed by atoms with van der Waals surface area (Å²) >= 11 is 3.39. The number of methoxy groups -OCH3 is 1. The van der Waals surface area contributed by atoms with Crippen molar-refractivity contribution in [1.29, 1.82) is 0 Å². The van der Waals surface area contributed by atoms with Gasteiger partial charge in [0.15, 0.2) is 0 Å². The largest absolute Gasteiger partial charge is 0.371 e. The maximum atomic E-state index is 12.2. The highest BCUT2D eigenvalue weighted by Crippen LogP contribution is 2.42. The molecule has 1 fully saturated rings. The number of alkyl halides is 1. The van der Waals surface area contributed by atoms with Gasteiger partial charge in [-0.3, -0.25) is 4.79 Å². The number of nitrogens with zero attached hydrogens (tertiary/aromatic N) is 4. The Kier molecular flexibility index (Phi) is 4.41. The van der Waals surface area contributed by atoms with Crippen molar-refractivity contribution in [2.45, 2.75) is 39.1 Å². The van der Waals surface area contributed by atoms with Gasteiger partial charge in [0, 0.05) is 28.8 Å². The van der Waals surface area contributed by atoms with Gasteiger partial charge in [0.1, 0.15) is 12.3 Å². The molecule has 1 saturated heterocycles. The maximum absolute atomic E-state index is 12.2. The van der Waals surface area contributed by atoms with Crippen LogP contribution in [-0.4, -0.2) is 41.6 Å². The molecule has 6 nitrogen and oxygen atoms in total. The van der Waals surface area contributed by atoms with E-state index in [0.717, 1.165) is 0 Å². The van der Waals surface area contributed by atoms with Crippen LogP contribution in [-0.2, 0) is 9.53 Å². The zero-order valence-electron chi connectivity index (χ0n) is 10.4. The molecule has 3 atom stereocenters. The van der Waals surface area contributed by atoms with Crippen LogP contribution in [0, 0.1) is 5.41 Å². The minimum atomic E-state index is -0.584. The highest BCUT2D eigenvalue weighted by atomic mass is 79.9. The Morgan fingerprint density at radius 3 is 2.65 bits per heavy atom. The molecule has 1 aliphatic rings. The molecule has 1 rings (SSSR count). The summed E-state index contributed by atoms with van der Waals surface area (Å²) in [5.74, 6) is -0.123. The molecule has 0 aliphatic carbocycles. The van der Waals surface area contributed by atoms with Crippen LogP contribution in [0.15, 0.2) is 5.11 Å². The van der Waals surface area contributed by atoms with Gasteiger partial charge in [-0.15, -0.1) is 0 Å². The molecule has 1 amide bonds. The molecule has 1 aliphatic heterocycles. The van der Waals surface area contributed by atoms with Crippen molar-refractivity contribution in [3.05, 3.63) is 10.4 Å². The van der Waals surface area contributed by atoms with E-state index in [9.17, 15) is 4.79 Å². The molecule has 17 heavy (non-hydrogen) atoms. The zero-order chi connectivity index (χ0) is 13.2. The van der Waals surface area contributed by atoms with Crippen molar-refractivity contribution < 1.29 is 9.53 Å². The lowest BCUT2D eigenvalue weighted by molar-refractivity contribution is -0.139. The normalized spacial score (nSPS) is 33.1. The maximum Gasteiger partial charge on any atom is 0.252 e. The third-order valence-electron chi connectivity index (χ3n) is 3.17. The van der Waals surface area contributed by atoms with E-state index < -0.39 is 17.7 Å². The first-order valence-corrected chi connectivity index (χ1v) is 6.51. The number of likely N-dealkylation sites (tertiary alicyclic amines) is 1. The molecule has 0 spiro atoms. The number of ether oxygens (including phenoxy) is 1. The van der Waals surface area contributed by atoms with Gasteiger partial charge in [0.2, 0.25) is 0 Å². The minimum absolute atomic E-state index is 0.0310. The highest BCUT2D eigenvalue weighted by Gasteiger charge is 2.56. The summed E-state index contributed by atoms with van der Waals surface area (Å²) in [5.41, 5.74) is 8.11. The van der Waals surface area contributed by atoms with Crippen LogP contribution in [0.5, 0.6) is 0 Å². The average molecular weight is 305 g/mol. The summed E-state index contributed by atoms with van der Waals surface area (Å²) in [6, 6.07) is -0.0310. The van der Waals surface area contributed by atoms with E-state index in [-0.39, 0.29) is 11.9 Å². The average Bonchev–Trinajstić information content (AvgIpc) is 2.48. The SMILES string of the molecule is CO[C@H]1C(=O)N(C(C)C)[C@H](N=[N+]=[N-])[C@]1(C)CBr. The van der Waals surface area contributed by atoms with E-state index in [2.05, 4.69) is 26.0 Å². The van der Waals surface area contributed by atoms with Gasteiger partial charge >= 0.3 is 0 Å². The monoisotopic (exact) mass is 304 g/mol. The zero-order valence-corrected chi connectivity index (χ0v) is 12.0. The first kappa shape index (κ1) is 14.3. The number of amides is 1. The second-order valence-corrected chi connectivity index (χ2v) is 5.23. The second-order valence-electron chi connectivity index (χ2n) is 4.67. The molecule has 0 saturated carbocycles. The van der Waals surface area contributed by atoms with Crippen LogP contribution in [0.2, 0.25) is 0 Å². The lowest BCUT2D eigenvalue weighted by atomic mass is 9.86. The Balaban J connectivity index is 3.27. The summed E-state index contributed by atoms with van der Waals surface area (Å²) in [6.07, 6.45) is -1.11. The topological polar surface area (TPSA) is 78.3 Å². The first-order valence-electron chi connectivity index (χ1n) is 5.39. The van der Waals surface area contributed by atoms with Crippen LogP contribution in [0.1, 0.15) is 20.8 Å². The molecular formula is C10H17BrN4O2. The van der Waals surface area contributed by atoms with E-state index in [1.807, 2.05) is 20.8 Å². The van der Waals surface area contributed by atoms with E-state index in [1.54, 1.807) is 4.90 Å². The molecular weight excluding hydrogens is 288 g/mol. The fourth-order valence-corrected chi connectivity index (χ4v) is 2.86. The van der Waals surface area contributed by atoms with Gasteiger partial charge in [-0.1, -0.05) is 28.0 Å². The Hall–Kier alpha value is -0.780. The number of hydrogen-bond donors (Lipinski definition) is 0. The molecule has 0 unspecified atom stereocenters. The number of carbonyl (C=O) groups excluding carboxylic acids is 1. The molecule has 0 radical (unpaired) electrons. The third kappa shape index (κ3) is 2.14. The second kappa shape index (κ2) is 5.25. The van der Waals surface area contributed by atoms with Crippen LogP contribution in [0.4, 0.5) is 0 Å². The Bertz CT molecular complexity index is 356. The summed E-state index contributed by atoms with van der Waals surface area (Å²) in [7, 11) is 1.50. The van der Waals surface area contributed by atoms with Crippen LogP contribution >= 0.6 is 15.9 Å². The van der Waals surface area contributed by atoms with Crippen molar-refractivity contribution in [2.75, 3.05) is 12.4 Å². The van der Waals surface area contributed by atoms with Gasteiger partial charge in [-0.2, -0.15) is 0 Å². The van der Waals surface area contributed by atoms with Gasteiger partial charge in [0.25, 0.3) is 5.91 Å². The third-order valence-corrected chi connectivity index (χ3v) is 4.38. The van der Waals surface area contributed by atoms with Crippen molar-refractivity contribution in [3.8, 4) is 0 Å². The van der Waals surface area contributed by atoms with Gasteiger partial charge in [-0.25, -0.2) is 0 Å². The Morgan fingerprint density at radius 2 is 2.29 bits per heavy atom. The van der Waals surface area contributed by atoms with Crippen molar-refractivity contribution in [3.63, 3.8) is 0 Å². The molecule has 0 aromatic carbocycles. The smallest absolute Gasteiger partial charge is 0.252 e. The van der Waals surface area contributed by atoms with E-state index in [0.29, 0.717) is 5.33 Å². The molecule has 0 aromatic rings. The summed E-state index contributed by atoms with van der Waals surface area (Å²) in [5, 5.41) is 4.30. The van der Waals surface area contributed by atoms with E-state index in [4.69, 9.17) is 10.3 Å². The Labute approximate surface area is 109 Å². The summed E-state index contributed by atoms with van der Waals surface area (Å²) in [6.45, 7) is 5.67. The van der Waals surface area contributed by atoms with E-state index in [1.165, 1.54) is 7.11 Å². The molecule has 0 N–H and O–H groups in total. The summed E-state index contributed by atoms with van der Waals surface area (Å²) < 4.78 is 5.28. The van der Waals surface area contributed by atoms with Crippen molar-refractivity contribution >= 4 is 21.8 Å². The molecule has 7 heteroatoms. The van der Waals surface area contributed by atoms with Crippen molar-refractivity contribution in [2.24, 2.45) is 10.5 Å². The van der Waals surface area contributed by atoms with Crippen molar-refractivity contribution in [1.82, 2.24) is 4.90 Å². The standard InChI is InChI=1S/C10H17BrN4O2/c1-6(2)15-8(16)7(17-4)10(3,5-11)9(15)13-14-12/h6-7,9H,5H2,1-4H3/t7-,9-,10+/m0/s1. The lowest BCUT2D eigenvalue weighted by Crippen LogP contribution is -2.42. The molecule has 0 bridgehead atoms. The highest BCUT2D eigenvalue weighted by molar-refractivity contribution is 9.09. The minimum Gasteiger partial charge on any atom is -0.371 e. The van der Waals surface area contributed by atoms with Gasteiger partial charge < -0.3 is 9.64 Å². The molecule has 96 valence electrons. The van der Waals surface area contributed by atoms with Crippen LogP contribution in [0.3, 0.4) is 0 Å². The lowest BCUT2D eigenvalue weighted by Gasteiger charge is -2.33.